The molecule has 5 nitrogen and oxygen atoms in total. The lowest BCUT2D eigenvalue weighted by molar-refractivity contribution is 0.102. The number of amides is 1. The van der Waals surface area contributed by atoms with Gasteiger partial charge in [-0.25, -0.2) is 4.98 Å². The highest BCUT2D eigenvalue weighted by Crippen LogP contribution is 2.20. The van der Waals surface area contributed by atoms with Gasteiger partial charge in [-0.05, 0) is 55.7 Å². The fourth-order valence-electron chi connectivity index (χ4n) is 2.62. The smallest absolute Gasteiger partial charge is 0.274 e. The largest absolute Gasteiger partial charge is 0.381 e. The van der Waals surface area contributed by atoms with E-state index in [0.29, 0.717) is 5.69 Å². The molecule has 1 aliphatic heterocycles. The zero-order valence-electron chi connectivity index (χ0n) is 13.5. The Labute approximate surface area is 149 Å². The lowest BCUT2D eigenvalue weighted by Gasteiger charge is -2.12. The molecule has 1 amide bonds. The van der Waals surface area contributed by atoms with Crippen molar-refractivity contribution in [1.82, 2.24) is 4.98 Å². The van der Waals surface area contributed by atoms with Crippen LogP contribution in [0.5, 0.6) is 0 Å². The van der Waals surface area contributed by atoms with Crippen molar-refractivity contribution in [2.45, 2.75) is 25.9 Å². The van der Waals surface area contributed by atoms with Crippen LogP contribution < -0.4 is 10.6 Å². The summed E-state index contributed by atoms with van der Waals surface area (Å²) in [5.74, 6) is -0.217. The van der Waals surface area contributed by atoms with Crippen molar-refractivity contribution in [3.63, 3.8) is 0 Å². The number of hydrogen-bond acceptors (Lipinski definition) is 4. The van der Waals surface area contributed by atoms with Crippen LogP contribution in [0.2, 0.25) is 0 Å². The molecule has 1 aromatic heterocycles. The Morgan fingerprint density at radius 1 is 1.38 bits per heavy atom. The second-order valence-corrected chi connectivity index (χ2v) is 6.78. The Morgan fingerprint density at radius 3 is 2.92 bits per heavy atom. The first kappa shape index (κ1) is 16.9. The van der Waals surface area contributed by atoms with Gasteiger partial charge in [-0.1, -0.05) is 15.9 Å². The summed E-state index contributed by atoms with van der Waals surface area (Å²) in [5, 5.41) is 6.18. The van der Waals surface area contributed by atoms with Gasteiger partial charge in [0.15, 0.2) is 0 Å². The maximum absolute atomic E-state index is 12.3. The van der Waals surface area contributed by atoms with Crippen LogP contribution in [-0.2, 0) is 4.74 Å². The molecule has 1 unspecified atom stereocenters. The molecule has 0 bridgehead atoms. The molecule has 24 heavy (non-hydrogen) atoms. The number of aromatic nitrogens is 1. The number of halogens is 1. The second kappa shape index (κ2) is 7.77. The number of anilines is 2. The molecule has 2 aromatic rings. The average Bonchev–Trinajstić information content (AvgIpc) is 3.09. The summed E-state index contributed by atoms with van der Waals surface area (Å²) in [7, 11) is 0. The normalized spacial score (nSPS) is 16.8. The number of nitrogens with zero attached hydrogens (tertiary/aromatic N) is 1. The molecule has 0 aliphatic carbocycles. The molecule has 1 atom stereocenters. The van der Waals surface area contributed by atoms with Crippen LogP contribution in [0.4, 0.5) is 11.4 Å². The van der Waals surface area contributed by atoms with E-state index in [-0.39, 0.29) is 12.0 Å². The van der Waals surface area contributed by atoms with Gasteiger partial charge in [-0.2, -0.15) is 0 Å². The van der Waals surface area contributed by atoms with Crippen LogP contribution in [0.1, 0.15) is 28.9 Å². The maximum atomic E-state index is 12.3. The summed E-state index contributed by atoms with van der Waals surface area (Å²) in [4.78, 5) is 16.5. The summed E-state index contributed by atoms with van der Waals surface area (Å²) in [6.07, 6.45) is 4.17. The average molecular weight is 390 g/mol. The molecule has 1 fully saturated rings. The summed E-state index contributed by atoms with van der Waals surface area (Å²) >= 11 is 3.41. The third-order valence-corrected chi connectivity index (χ3v) is 4.48. The zero-order chi connectivity index (χ0) is 16.9. The Bertz CT molecular complexity index is 713. The fraction of sp³-hybridized carbons (Fsp3) is 0.333. The highest BCUT2D eigenvalue weighted by Gasteiger charge is 2.15. The Balaban J connectivity index is 1.58. The quantitative estimate of drug-likeness (QED) is 0.810. The van der Waals surface area contributed by atoms with Crippen molar-refractivity contribution < 1.29 is 9.53 Å². The highest BCUT2D eigenvalue weighted by atomic mass is 79.9. The number of rotatable bonds is 5. The second-order valence-electron chi connectivity index (χ2n) is 5.86. The van der Waals surface area contributed by atoms with E-state index in [9.17, 15) is 4.79 Å². The molecule has 6 heteroatoms. The van der Waals surface area contributed by atoms with Gasteiger partial charge in [0, 0.05) is 23.3 Å². The first-order chi connectivity index (χ1) is 11.6. The van der Waals surface area contributed by atoms with Crippen LogP contribution in [0.15, 0.2) is 41.0 Å². The molecule has 0 saturated carbocycles. The molecule has 3 rings (SSSR count). The van der Waals surface area contributed by atoms with E-state index in [1.54, 1.807) is 12.3 Å². The molecule has 1 aromatic carbocycles. The molecule has 1 aliphatic rings. The van der Waals surface area contributed by atoms with Gasteiger partial charge in [0.2, 0.25) is 0 Å². The number of ether oxygens (including phenoxy) is 1. The molecule has 126 valence electrons. The van der Waals surface area contributed by atoms with E-state index in [4.69, 9.17) is 4.74 Å². The minimum absolute atomic E-state index is 0.217. The summed E-state index contributed by atoms with van der Waals surface area (Å²) in [6.45, 7) is 3.57. The van der Waals surface area contributed by atoms with Crippen molar-refractivity contribution >= 4 is 33.2 Å². The number of pyridine rings is 1. The van der Waals surface area contributed by atoms with Gasteiger partial charge in [0.05, 0.1) is 18.0 Å². The molecule has 1 saturated heterocycles. The van der Waals surface area contributed by atoms with Crippen molar-refractivity contribution in [2.24, 2.45) is 0 Å². The van der Waals surface area contributed by atoms with Crippen LogP contribution in [0.3, 0.4) is 0 Å². The number of benzene rings is 1. The SMILES string of the molecule is Cc1cc(Br)ccc1NC(=O)c1ccc(NCC2CCCO2)cn1. The van der Waals surface area contributed by atoms with Gasteiger partial charge < -0.3 is 15.4 Å². The predicted molar refractivity (Wildman–Crippen MR) is 98.5 cm³/mol. The van der Waals surface area contributed by atoms with E-state index in [2.05, 4.69) is 31.5 Å². The van der Waals surface area contributed by atoms with Crippen molar-refractivity contribution in [3.05, 3.63) is 52.3 Å². The number of aryl methyl sites for hydroxylation is 1. The van der Waals surface area contributed by atoms with Crippen molar-refractivity contribution in [3.8, 4) is 0 Å². The molecular formula is C18H20BrN3O2. The minimum Gasteiger partial charge on any atom is -0.381 e. The first-order valence-electron chi connectivity index (χ1n) is 8.01. The lowest BCUT2D eigenvalue weighted by atomic mass is 10.2. The number of nitrogens with one attached hydrogen (secondary N) is 2. The van der Waals surface area contributed by atoms with Gasteiger partial charge in [0.25, 0.3) is 5.91 Å². The monoisotopic (exact) mass is 389 g/mol. The molecule has 2 heterocycles. The standard InChI is InChI=1S/C18H20BrN3O2/c1-12-9-13(19)4-6-16(12)22-18(23)17-7-5-14(10-21-17)20-11-15-3-2-8-24-15/h4-7,9-10,15,20H,2-3,8,11H2,1H3,(H,22,23). The van der Waals surface area contributed by atoms with Crippen LogP contribution >= 0.6 is 15.9 Å². The van der Waals surface area contributed by atoms with Gasteiger partial charge in [-0.3, -0.25) is 4.79 Å². The minimum atomic E-state index is -0.217. The highest BCUT2D eigenvalue weighted by molar-refractivity contribution is 9.10. The van der Waals surface area contributed by atoms with Gasteiger partial charge >= 0.3 is 0 Å². The Kier molecular flexibility index (Phi) is 5.48. The predicted octanol–water partition coefficient (Wildman–Crippen LogP) is 4.00. The number of carbonyl (C=O) groups excluding carboxylic acids is 1. The van der Waals surface area contributed by atoms with E-state index in [1.165, 1.54) is 0 Å². The number of carbonyl (C=O) groups is 1. The van der Waals surface area contributed by atoms with Gasteiger partial charge in [0.1, 0.15) is 5.69 Å². The summed E-state index contributed by atoms with van der Waals surface area (Å²) in [5.41, 5.74) is 3.06. The molecule has 0 radical (unpaired) electrons. The maximum Gasteiger partial charge on any atom is 0.274 e. The number of hydrogen-bond donors (Lipinski definition) is 2. The Hall–Kier alpha value is -1.92. The van der Waals surface area contributed by atoms with E-state index < -0.39 is 0 Å². The topological polar surface area (TPSA) is 63.2 Å². The van der Waals surface area contributed by atoms with Crippen LogP contribution in [-0.4, -0.2) is 30.1 Å². The van der Waals surface area contributed by atoms with Crippen LogP contribution in [0, 0.1) is 6.92 Å². The van der Waals surface area contributed by atoms with E-state index in [0.717, 1.165) is 47.4 Å². The molecule has 0 spiro atoms. The Morgan fingerprint density at radius 2 is 2.25 bits per heavy atom. The third-order valence-electron chi connectivity index (χ3n) is 3.99. The summed E-state index contributed by atoms with van der Waals surface area (Å²) in [6, 6.07) is 9.32. The van der Waals surface area contributed by atoms with E-state index >= 15 is 0 Å². The van der Waals surface area contributed by atoms with E-state index in [1.807, 2.05) is 31.2 Å². The molecular weight excluding hydrogens is 370 g/mol. The first-order valence-corrected chi connectivity index (χ1v) is 8.80. The lowest BCUT2D eigenvalue weighted by Crippen LogP contribution is -2.19. The van der Waals surface area contributed by atoms with Crippen molar-refractivity contribution in [1.29, 1.82) is 0 Å². The zero-order valence-corrected chi connectivity index (χ0v) is 15.1. The summed E-state index contributed by atoms with van der Waals surface area (Å²) < 4.78 is 6.56. The van der Waals surface area contributed by atoms with Crippen molar-refractivity contribution in [2.75, 3.05) is 23.8 Å². The third kappa shape index (κ3) is 4.33. The van der Waals surface area contributed by atoms with Gasteiger partial charge in [-0.15, -0.1) is 0 Å². The molecule has 2 N–H and O–H groups in total. The fourth-order valence-corrected chi connectivity index (χ4v) is 3.10. The van der Waals surface area contributed by atoms with Crippen LogP contribution in [0.25, 0.3) is 0 Å².